The zero-order valence-corrected chi connectivity index (χ0v) is 22.3. The first-order valence-electron chi connectivity index (χ1n) is 13.5. The third-order valence-electron chi connectivity index (χ3n) is 8.25. The van der Waals surface area contributed by atoms with Gasteiger partial charge >= 0.3 is 0 Å². The van der Waals surface area contributed by atoms with E-state index in [-0.39, 0.29) is 0 Å². The van der Waals surface area contributed by atoms with Crippen LogP contribution < -0.4 is 0 Å². The number of ether oxygens (including phenoxy) is 2. The summed E-state index contributed by atoms with van der Waals surface area (Å²) in [7, 11) is 3.49. The van der Waals surface area contributed by atoms with E-state index < -0.39 is 5.41 Å². The Morgan fingerprint density at radius 1 is 0.462 bits per heavy atom. The van der Waals surface area contributed by atoms with E-state index in [0.717, 1.165) is 0 Å². The van der Waals surface area contributed by atoms with Crippen LogP contribution in [0.2, 0.25) is 0 Å². The molecule has 0 saturated heterocycles. The second-order valence-corrected chi connectivity index (χ2v) is 10.5. The predicted octanol–water partition coefficient (Wildman–Crippen LogP) is 8.65. The number of benzene rings is 6. The summed E-state index contributed by atoms with van der Waals surface area (Å²) in [4.78, 5) is 0. The van der Waals surface area contributed by atoms with Crippen LogP contribution in [-0.2, 0) is 28.1 Å². The maximum Gasteiger partial charge on any atom is 0.0714 e. The van der Waals surface area contributed by atoms with Crippen LogP contribution in [-0.4, -0.2) is 14.2 Å². The molecule has 0 atom stereocenters. The number of fused-ring (bicyclic) bond motifs is 5. The van der Waals surface area contributed by atoms with Crippen molar-refractivity contribution in [1.82, 2.24) is 0 Å². The lowest BCUT2D eigenvalue weighted by atomic mass is 9.67. The molecular formula is C37H30O2. The monoisotopic (exact) mass is 506 g/mol. The van der Waals surface area contributed by atoms with Crippen molar-refractivity contribution in [2.75, 3.05) is 14.2 Å². The quantitative estimate of drug-likeness (QED) is 0.225. The lowest BCUT2D eigenvalue weighted by molar-refractivity contribution is 0.185. The largest absolute Gasteiger partial charge is 0.380 e. The summed E-state index contributed by atoms with van der Waals surface area (Å²) in [6.07, 6.45) is 0. The van der Waals surface area contributed by atoms with Gasteiger partial charge in [-0.1, -0.05) is 97.1 Å². The van der Waals surface area contributed by atoms with E-state index in [9.17, 15) is 0 Å². The Labute approximate surface area is 229 Å². The van der Waals surface area contributed by atoms with Gasteiger partial charge in [-0.25, -0.2) is 0 Å². The molecule has 6 aromatic rings. The highest BCUT2D eigenvalue weighted by molar-refractivity contribution is 5.91. The van der Waals surface area contributed by atoms with Crippen LogP contribution in [0.15, 0.2) is 121 Å². The van der Waals surface area contributed by atoms with E-state index in [2.05, 4.69) is 121 Å². The Morgan fingerprint density at radius 2 is 0.872 bits per heavy atom. The van der Waals surface area contributed by atoms with Crippen molar-refractivity contribution in [2.24, 2.45) is 0 Å². The van der Waals surface area contributed by atoms with Gasteiger partial charge in [0.2, 0.25) is 0 Å². The first-order chi connectivity index (χ1) is 19.2. The molecule has 0 heterocycles. The van der Waals surface area contributed by atoms with Gasteiger partial charge in [-0.2, -0.15) is 0 Å². The lowest BCUT2D eigenvalue weighted by Gasteiger charge is -2.34. The van der Waals surface area contributed by atoms with E-state index in [1.165, 1.54) is 66.1 Å². The van der Waals surface area contributed by atoms with Gasteiger partial charge in [0, 0.05) is 14.2 Å². The highest BCUT2D eigenvalue weighted by atomic mass is 16.5. The normalized spacial score (nSPS) is 13.5. The molecule has 1 aliphatic rings. The molecule has 7 rings (SSSR count). The second kappa shape index (κ2) is 9.50. The maximum absolute atomic E-state index is 5.38. The molecule has 0 fully saturated rings. The zero-order chi connectivity index (χ0) is 26.4. The van der Waals surface area contributed by atoms with Crippen molar-refractivity contribution < 1.29 is 9.47 Å². The van der Waals surface area contributed by atoms with Gasteiger partial charge in [0.1, 0.15) is 0 Å². The number of hydrogen-bond donors (Lipinski definition) is 0. The van der Waals surface area contributed by atoms with Crippen molar-refractivity contribution in [1.29, 1.82) is 0 Å². The summed E-state index contributed by atoms with van der Waals surface area (Å²) in [5.41, 5.74) is 9.78. The van der Waals surface area contributed by atoms with Crippen LogP contribution >= 0.6 is 0 Å². The highest BCUT2D eigenvalue weighted by Crippen LogP contribution is 2.56. The smallest absolute Gasteiger partial charge is 0.0714 e. The van der Waals surface area contributed by atoms with Crippen molar-refractivity contribution in [3.8, 4) is 11.1 Å². The van der Waals surface area contributed by atoms with Crippen molar-refractivity contribution in [3.05, 3.63) is 155 Å². The minimum Gasteiger partial charge on any atom is -0.380 e. The molecule has 39 heavy (non-hydrogen) atoms. The molecule has 0 bridgehead atoms. The van der Waals surface area contributed by atoms with E-state index >= 15 is 0 Å². The van der Waals surface area contributed by atoms with Crippen LogP contribution in [0.25, 0.3) is 32.7 Å². The van der Waals surface area contributed by atoms with E-state index in [1.54, 1.807) is 14.2 Å². The zero-order valence-electron chi connectivity index (χ0n) is 22.3. The summed E-state index contributed by atoms with van der Waals surface area (Å²) in [6, 6.07) is 45.1. The molecule has 6 aromatic carbocycles. The Balaban J connectivity index is 1.52. The number of methoxy groups -OCH3 is 2. The van der Waals surface area contributed by atoms with Crippen LogP contribution in [0.3, 0.4) is 0 Å². The average molecular weight is 507 g/mol. The summed E-state index contributed by atoms with van der Waals surface area (Å²) in [6.45, 7) is 1.23. The Hall–Kier alpha value is -4.24. The second-order valence-electron chi connectivity index (χ2n) is 10.5. The van der Waals surface area contributed by atoms with Gasteiger partial charge in [-0.05, 0) is 90.3 Å². The third kappa shape index (κ3) is 3.71. The summed E-state index contributed by atoms with van der Waals surface area (Å²) in [5.74, 6) is 0. The fraction of sp³-hybridized carbons (Fsp3) is 0.135. The molecule has 0 unspecified atom stereocenters. The first kappa shape index (κ1) is 23.8. The van der Waals surface area contributed by atoms with Gasteiger partial charge in [0.05, 0.1) is 18.6 Å². The molecule has 0 radical (unpaired) electrons. The SMILES string of the molecule is COCc1ccc2cc(C3(c4ccc5cc(COC)ccc5c4)c4ccccc4-c4ccccc43)ccc2c1. The van der Waals surface area contributed by atoms with Crippen molar-refractivity contribution in [3.63, 3.8) is 0 Å². The van der Waals surface area contributed by atoms with Crippen LogP contribution in [0, 0.1) is 0 Å². The van der Waals surface area contributed by atoms with Crippen molar-refractivity contribution in [2.45, 2.75) is 18.6 Å². The van der Waals surface area contributed by atoms with Crippen LogP contribution in [0.5, 0.6) is 0 Å². The van der Waals surface area contributed by atoms with Gasteiger partial charge in [0.25, 0.3) is 0 Å². The molecule has 0 amide bonds. The lowest BCUT2D eigenvalue weighted by Crippen LogP contribution is -2.28. The minimum atomic E-state index is -0.425. The van der Waals surface area contributed by atoms with Gasteiger partial charge in [-0.3, -0.25) is 0 Å². The van der Waals surface area contributed by atoms with Gasteiger partial charge in [0.15, 0.2) is 0 Å². The highest BCUT2D eigenvalue weighted by Gasteiger charge is 2.46. The van der Waals surface area contributed by atoms with E-state index in [0.29, 0.717) is 13.2 Å². The van der Waals surface area contributed by atoms with Gasteiger partial charge in [-0.15, -0.1) is 0 Å². The molecular weight excluding hydrogens is 476 g/mol. The van der Waals surface area contributed by atoms with E-state index in [4.69, 9.17) is 9.47 Å². The topological polar surface area (TPSA) is 18.5 Å². The average Bonchev–Trinajstić information content (AvgIpc) is 3.28. The Kier molecular flexibility index (Phi) is 5.81. The number of hydrogen-bond acceptors (Lipinski definition) is 2. The standard InChI is InChI=1S/C37H30O2/c1-38-23-25-11-13-29-21-31(17-15-27(29)19-25)37(32-18-16-28-20-26(24-39-2)12-14-30(28)22-32)35-9-5-3-7-33(35)34-8-4-6-10-36(34)37/h3-22H,23-24H2,1-2H3. The molecule has 0 saturated carbocycles. The third-order valence-corrected chi connectivity index (χ3v) is 8.25. The minimum absolute atomic E-state index is 0.425. The summed E-state index contributed by atoms with van der Waals surface area (Å²) >= 11 is 0. The van der Waals surface area contributed by atoms with Crippen molar-refractivity contribution >= 4 is 21.5 Å². The predicted molar refractivity (Wildman–Crippen MR) is 160 cm³/mol. The Morgan fingerprint density at radius 3 is 1.33 bits per heavy atom. The van der Waals surface area contributed by atoms with E-state index in [1.807, 2.05) is 0 Å². The number of rotatable bonds is 6. The first-order valence-corrected chi connectivity index (χ1v) is 13.5. The fourth-order valence-electron chi connectivity index (χ4n) is 6.59. The molecule has 2 nitrogen and oxygen atoms in total. The van der Waals surface area contributed by atoms with Crippen LogP contribution in [0.1, 0.15) is 33.4 Å². The van der Waals surface area contributed by atoms with Crippen LogP contribution in [0.4, 0.5) is 0 Å². The Bertz CT molecular complexity index is 1710. The molecule has 0 spiro atoms. The molecule has 2 heteroatoms. The molecule has 0 aliphatic heterocycles. The summed E-state index contributed by atoms with van der Waals surface area (Å²) < 4.78 is 10.8. The molecule has 190 valence electrons. The molecule has 1 aliphatic carbocycles. The van der Waals surface area contributed by atoms with Gasteiger partial charge < -0.3 is 9.47 Å². The maximum atomic E-state index is 5.38. The molecule has 0 N–H and O–H groups in total. The summed E-state index contributed by atoms with van der Waals surface area (Å²) in [5, 5.41) is 4.93. The molecule has 0 aromatic heterocycles. The fourth-order valence-corrected chi connectivity index (χ4v) is 6.59.